The molecule has 6 heteroatoms. The number of esters is 1. The maximum absolute atomic E-state index is 12.6. The Morgan fingerprint density at radius 2 is 1.96 bits per heavy atom. The van der Waals surface area contributed by atoms with Gasteiger partial charge in [0.25, 0.3) is 0 Å². The molecule has 0 bridgehead atoms. The summed E-state index contributed by atoms with van der Waals surface area (Å²) >= 11 is 0. The highest BCUT2D eigenvalue weighted by atomic mass is 16.5. The van der Waals surface area contributed by atoms with Crippen molar-refractivity contribution in [2.75, 3.05) is 40.9 Å². The van der Waals surface area contributed by atoms with Crippen LogP contribution in [0.15, 0.2) is 24.3 Å². The molecular weight excluding hydrogens is 332 g/mol. The zero-order chi connectivity index (χ0) is 18.9. The van der Waals surface area contributed by atoms with Crippen molar-refractivity contribution < 1.29 is 19.1 Å². The first-order chi connectivity index (χ1) is 12.5. The monoisotopic (exact) mass is 362 g/mol. The van der Waals surface area contributed by atoms with E-state index in [9.17, 15) is 9.59 Å². The van der Waals surface area contributed by atoms with Crippen LogP contribution in [0.5, 0.6) is 5.75 Å². The number of para-hydroxylation sites is 1. The number of benzene rings is 1. The fourth-order valence-corrected chi connectivity index (χ4v) is 3.40. The molecule has 144 valence electrons. The highest BCUT2D eigenvalue weighted by molar-refractivity contribution is 5.78. The van der Waals surface area contributed by atoms with Gasteiger partial charge in [-0.05, 0) is 44.3 Å². The second-order valence-electron chi connectivity index (χ2n) is 6.91. The molecule has 0 saturated carbocycles. The zero-order valence-corrected chi connectivity index (χ0v) is 16.1. The van der Waals surface area contributed by atoms with Gasteiger partial charge in [-0.15, -0.1) is 0 Å². The lowest BCUT2D eigenvalue weighted by molar-refractivity contribution is -0.141. The van der Waals surface area contributed by atoms with E-state index in [1.54, 1.807) is 12.0 Å². The summed E-state index contributed by atoms with van der Waals surface area (Å²) in [4.78, 5) is 28.0. The normalized spacial score (nSPS) is 18.0. The third-order valence-electron chi connectivity index (χ3n) is 5.01. The maximum Gasteiger partial charge on any atom is 0.305 e. The van der Waals surface area contributed by atoms with E-state index in [0.29, 0.717) is 25.4 Å². The van der Waals surface area contributed by atoms with Gasteiger partial charge in [0.1, 0.15) is 5.75 Å². The average Bonchev–Trinajstić information content (AvgIpc) is 2.87. The molecule has 1 heterocycles. The number of methoxy groups -OCH3 is 2. The van der Waals surface area contributed by atoms with Crippen LogP contribution >= 0.6 is 0 Å². The molecule has 0 aliphatic carbocycles. The number of carbonyl (C=O) groups is 2. The fraction of sp³-hybridized carbons (Fsp3) is 0.600. The van der Waals surface area contributed by atoms with Gasteiger partial charge in [-0.2, -0.15) is 0 Å². The molecule has 1 fully saturated rings. The number of likely N-dealkylation sites (N-methyl/N-ethyl adjacent to an activating group) is 1. The van der Waals surface area contributed by atoms with Crippen molar-refractivity contribution in [3.63, 3.8) is 0 Å². The van der Waals surface area contributed by atoms with Gasteiger partial charge in [-0.1, -0.05) is 18.2 Å². The fourth-order valence-electron chi connectivity index (χ4n) is 3.40. The number of nitrogens with zero attached hydrogens (tertiary/aromatic N) is 2. The number of rotatable bonds is 7. The van der Waals surface area contributed by atoms with Crippen molar-refractivity contribution in [3.05, 3.63) is 29.8 Å². The second-order valence-corrected chi connectivity index (χ2v) is 6.91. The number of ether oxygens (including phenoxy) is 2. The zero-order valence-electron chi connectivity index (χ0n) is 16.1. The molecule has 1 aromatic carbocycles. The average molecular weight is 362 g/mol. The highest BCUT2D eigenvalue weighted by Gasteiger charge is 2.22. The summed E-state index contributed by atoms with van der Waals surface area (Å²) in [5.41, 5.74) is 1.000. The molecule has 0 aromatic heterocycles. The predicted octanol–water partition coefficient (Wildman–Crippen LogP) is 2.32. The standard InChI is InChI=1S/C20H30N2O4/c1-21(14-17-8-4-5-9-18(17)25-2)19(23)15-22-11-6-7-16(10-12-22)13-20(24)26-3/h4-5,8-9,16H,6-7,10-15H2,1-3H3/t16-/m1/s1. The van der Waals surface area contributed by atoms with Crippen molar-refractivity contribution in [1.82, 2.24) is 9.80 Å². The predicted molar refractivity (Wildman–Crippen MR) is 99.9 cm³/mol. The van der Waals surface area contributed by atoms with Gasteiger partial charge < -0.3 is 14.4 Å². The third-order valence-corrected chi connectivity index (χ3v) is 5.01. The van der Waals surface area contributed by atoms with Crippen molar-refractivity contribution in [1.29, 1.82) is 0 Å². The van der Waals surface area contributed by atoms with E-state index >= 15 is 0 Å². The lowest BCUT2D eigenvalue weighted by atomic mass is 9.97. The largest absolute Gasteiger partial charge is 0.496 e. The van der Waals surface area contributed by atoms with Crippen LogP contribution in [0, 0.1) is 5.92 Å². The summed E-state index contributed by atoms with van der Waals surface area (Å²) in [7, 11) is 4.90. The lowest BCUT2D eigenvalue weighted by Crippen LogP contribution is -2.38. The Bertz CT molecular complexity index is 605. The summed E-state index contributed by atoms with van der Waals surface area (Å²) in [5.74, 6) is 1.11. The molecule has 1 aliphatic rings. The van der Waals surface area contributed by atoms with Gasteiger partial charge in [-0.3, -0.25) is 14.5 Å². The van der Waals surface area contributed by atoms with Crippen LogP contribution in [0.25, 0.3) is 0 Å². The van der Waals surface area contributed by atoms with Crippen molar-refractivity contribution in [3.8, 4) is 5.75 Å². The quantitative estimate of drug-likeness (QED) is 0.697. The minimum absolute atomic E-state index is 0.0994. The molecule has 1 aliphatic heterocycles. The Kier molecular flexibility index (Phi) is 7.91. The number of hydrogen-bond acceptors (Lipinski definition) is 5. The van der Waals surface area contributed by atoms with Gasteiger partial charge in [0, 0.05) is 25.6 Å². The Hall–Kier alpha value is -2.08. The topological polar surface area (TPSA) is 59.1 Å². The molecule has 1 amide bonds. The first-order valence-corrected chi connectivity index (χ1v) is 9.18. The number of amides is 1. The van der Waals surface area contributed by atoms with E-state index in [-0.39, 0.29) is 11.9 Å². The van der Waals surface area contributed by atoms with E-state index in [1.807, 2.05) is 31.3 Å². The SMILES string of the molecule is COC(=O)C[C@@H]1CCCN(CC(=O)N(C)Cc2ccccc2OC)CC1. The van der Waals surface area contributed by atoms with Crippen molar-refractivity contribution in [2.24, 2.45) is 5.92 Å². The van der Waals surface area contributed by atoms with Gasteiger partial charge >= 0.3 is 5.97 Å². The third kappa shape index (κ3) is 6.02. The van der Waals surface area contributed by atoms with E-state index in [1.165, 1.54) is 7.11 Å². The number of carbonyl (C=O) groups excluding carboxylic acids is 2. The Morgan fingerprint density at radius 1 is 1.19 bits per heavy atom. The number of likely N-dealkylation sites (tertiary alicyclic amines) is 1. The Balaban J connectivity index is 1.84. The summed E-state index contributed by atoms with van der Waals surface area (Å²) in [5, 5.41) is 0. The molecule has 2 rings (SSSR count). The Labute approximate surface area is 156 Å². The molecule has 1 aromatic rings. The smallest absolute Gasteiger partial charge is 0.305 e. The maximum atomic E-state index is 12.6. The first kappa shape index (κ1) is 20.2. The highest BCUT2D eigenvalue weighted by Crippen LogP contribution is 2.22. The van der Waals surface area contributed by atoms with Crippen LogP contribution in [-0.2, 0) is 20.9 Å². The van der Waals surface area contributed by atoms with Gasteiger partial charge in [0.05, 0.1) is 20.8 Å². The molecular formula is C20H30N2O4. The van der Waals surface area contributed by atoms with Crippen LogP contribution in [0.2, 0.25) is 0 Å². The van der Waals surface area contributed by atoms with Crippen molar-refractivity contribution in [2.45, 2.75) is 32.2 Å². The van der Waals surface area contributed by atoms with Crippen LogP contribution in [0.3, 0.4) is 0 Å². The summed E-state index contributed by atoms with van der Waals surface area (Å²) in [6.07, 6.45) is 3.42. The summed E-state index contributed by atoms with van der Waals surface area (Å²) in [6.45, 7) is 2.68. The molecule has 0 N–H and O–H groups in total. The van der Waals surface area contributed by atoms with Gasteiger partial charge in [0.2, 0.25) is 5.91 Å². The van der Waals surface area contributed by atoms with E-state index in [2.05, 4.69) is 4.90 Å². The van der Waals surface area contributed by atoms with Crippen LogP contribution in [-0.4, -0.2) is 62.6 Å². The lowest BCUT2D eigenvalue weighted by Gasteiger charge is -2.24. The van der Waals surface area contributed by atoms with E-state index in [4.69, 9.17) is 9.47 Å². The molecule has 0 spiro atoms. The van der Waals surface area contributed by atoms with Gasteiger partial charge in [0.15, 0.2) is 0 Å². The van der Waals surface area contributed by atoms with Crippen LogP contribution < -0.4 is 4.74 Å². The molecule has 0 radical (unpaired) electrons. The molecule has 0 unspecified atom stereocenters. The molecule has 1 atom stereocenters. The molecule has 6 nitrogen and oxygen atoms in total. The van der Waals surface area contributed by atoms with Crippen molar-refractivity contribution >= 4 is 11.9 Å². The second kappa shape index (κ2) is 10.2. The van der Waals surface area contributed by atoms with Crippen LogP contribution in [0.1, 0.15) is 31.2 Å². The minimum atomic E-state index is -0.143. The van der Waals surface area contributed by atoms with Gasteiger partial charge in [-0.25, -0.2) is 0 Å². The molecule has 1 saturated heterocycles. The molecule has 26 heavy (non-hydrogen) atoms. The minimum Gasteiger partial charge on any atom is -0.496 e. The van der Waals surface area contributed by atoms with Crippen LogP contribution in [0.4, 0.5) is 0 Å². The summed E-state index contributed by atoms with van der Waals surface area (Å²) in [6, 6.07) is 7.76. The van der Waals surface area contributed by atoms with E-state index in [0.717, 1.165) is 43.7 Å². The Morgan fingerprint density at radius 3 is 2.69 bits per heavy atom. The first-order valence-electron chi connectivity index (χ1n) is 9.18. The number of hydrogen-bond donors (Lipinski definition) is 0. The van der Waals surface area contributed by atoms with E-state index < -0.39 is 0 Å². The summed E-state index contributed by atoms with van der Waals surface area (Å²) < 4.78 is 10.1.